The number of carbonyl (C=O) groups is 1. The van der Waals surface area contributed by atoms with E-state index in [1.54, 1.807) is 31.4 Å². The lowest BCUT2D eigenvalue weighted by Crippen LogP contribution is -2.31. The molecule has 0 saturated heterocycles. The molecule has 0 saturated carbocycles. The van der Waals surface area contributed by atoms with Gasteiger partial charge in [0.1, 0.15) is 5.69 Å². The molecule has 2 N–H and O–H groups in total. The Bertz CT molecular complexity index is 814. The third kappa shape index (κ3) is 3.36. The standard InChI is InChI=1S/C19H18N2O3/c1-13-15(9-10-16(20-13)18-8-5-11-24-18)19(23)21-17(12-22)14-6-3-2-4-7-14/h2-11,17,22H,12H2,1H3,(H,21,23). The van der Waals surface area contributed by atoms with Gasteiger partial charge in [0.05, 0.1) is 30.2 Å². The van der Waals surface area contributed by atoms with Crippen molar-refractivity contribution in [1.82, 2.24) is 10.3 Å². The van der Waals surface area contributed by atoms with Crippen molar-refractivity contribution in [2.75, 3.05) is 6.61 Å². The number of nitrogens with one attached hydrogen (secondary N) is 1. The Labute approximate surface area is 140 Å². The van der Waals surface area contributed by atoms with E-state index in [1.165, 1.54) is 0 Å². The molecule has 0 aliphatic carbocycles. The zero-order chi connectivity index (χ0) is 16.9. The molecule has 2 heterocycles. The summed E-state index contributed by atoms with van der Waals surface area (Å²) >= 11 is 0. The lowest BCUT2D eigenvalue weighted by Gasteiger charge is -2.17. The van der Waals surface area contributed by atoms with Crippen LogP contribution in [-0.4, -0.2) is 22.6 Å². The predicted molar refractivity (Wildman–Crippen MR) is 90.4 cm³/mol. The number of nitrogens with zero attached hydrogens (tertiary/aromatic N) is 1. The molecule has 1 aromatic carbocycles. The molecule has 5 heteroatoms. The summed E-state index contributed by atoms with van der Waals surface area (Å²) < 4.78 is 5.32. The molecule has 5 nitrogen and oxygen atoms in total. The first-order valence-corrected chi connectivity index (χ1v) is 7.67. The van der Waals surface area contributed by atoms with Crippen LogP contribution in [0.15, 0.2) is 65.3 Å². The number of carbonyl (C=O) groups excluding carboxylic acids is 1. The molecule has 0 aliphatic rings. The highest BCUT2D eigenvalue weighted by atomic mass is 16.3. The molecule has 0 fully saturated rings. The molecule has 0 radical (unpaired) electrons. The normalized spacial score (nSPS) is 11.9. The second kappa shape index (κ2) is 7.10. The van der Waals surface area contributed by atoms with E-state index in [2.05, 4.69) is 10.3 Å². The zero-order valence-corrected chi connectivity index (χ0v) is 13.3. The molecule has 1 unspecified atom stereocenters. The van der Waals surface area contributed by atoms with Crippen LogP contribution in [0.2, 0.25) is 0 Å². The Morgan fingerprint density at radius 2 is 1.96 bits per heavy atom. The van der Waals surface area contributed by atoms with Crippen LogP contribution in [0, 0.1) is 6.92 Å². The highest BCUT2D eigenvalue weighted by Crippen LogP contribution is 2.20. The molecule has 2 aromatic heterocycles. The summed E-state index contributed by atoms with van der Waals surface area (Å²) in [6.07, 6.45) is 1.58. The van der Waals surface area contributed by atoms with Gasteiger partial charge in [0.25, 0.3) is 5.91 Å². The Hall–Kier alpha value is -2.92. The van der Waals surface area contributed by atoms with E-state index in [9.17, 15) is 9.90 Å². The Kier molecular flexibility index (Phi) is 4.72. The fourth-order valence-corrected chi connectivity index (χ4v) is 2.52. The van der Waals surface area contributed by atoms with E-state index in [-0.39, 0.29) is 12.5 Å². The first-order valence-electron chi connectivity index (χ1n) is 7.67. The van der Waals surface area contributed by atoms with Crippen molar-refractivity contribution in [2.24, 2.45) is 0 Å². The number of hydrogen-bond donors (Lipinski definition) is 2. The first-order chi connectivity index (χ1) is 11.7. The van der Waals surface area contributed by atoms with Crippen LogP contribution >= 0.6 is 0 Å². The zero-order valence-electron chi connectivity index (χ0n) is 13.3. The fourth-order valence-electron chi connectivity index (χ4n) is 2.52. The van der Waals surface area contributed by atoms with Gasteiger partial charge >= 0.3 is 0 Å². The van der Waals surface area contributed by atoms with Crippen LogP contribution in [0.1, 0.15) is 27.7 Å². The molecule has 3 aromatic rings. The van der Waals surface area contributed by atoms with E-state index < -0.39 is 6.04 Å². The smallest absolute Gasteiger partial charge is 0.253 e. The fraction of sp³-hybridized carbons (Fsp3) is 0.158. The minimum absolute atomic E-state index is 0.174. The number of aliphatic hydroxyl groups is 1. The van der Waals surface area contributed by atoms with Crippen LogP contribution < -0.4 is 5.32 Å². The number of pyridine rings is 1. The van der Waals surface area contributed by atoms with Crippen molar-refractivity contribution in [2.45, 2.75) is 13.0 Å². The largest absolute Gasteiger partial charge is 0.463 e. The van der Waals surface area contributed by atoms with Gasteiger partial charge in [-0.2, -0.15) is 0 Å². The molecular formula is C19H18N2O3. The molecule has 1 atom stereocenters. The summed E-state index contributed by atoms with van der Waals surface area (Å²) in [6, 6.07) is 16.0. The number of aliphatic hydroxyl groups excluding tert-OH is 1. The quantitative estimate of drug-likeness (QED) is 0.757. The van der Waals surface area contributed by atoms with Gasteiger partial charge in [0, 0.05) is 0 Å². The maximum Gasteiger partial charge on any atom is 0.253 e. The van der Waals surface area contributed by atoms with Gasteiger partial charge in [0.15, 0.2) is 5.76 Å². The Balaban J connectivity index is 1.80. The number of aromatic nitrogens is 1. The summed E-state index contributed by atoms with van der Waals surface area (Å²) in [6.45, 7) is 1.60. The minimum Gasteiger partial charge on any atom is -0.463 e. The van der Waals surface area contributed by atoms with Gasteiger partial charge in [-0.05, 0) is 36.8 Å². The highest BCUT2D eigenvalue weighted by molar-refractivity contribution is 5.95. The predicted octanol–water partition coefficient (Wildman–Crippen LogP) is 3.11. The van der Waals surface area contributed by atoms with E-state index >= 15 is 0 Å². The van der Waals surface area contributed by atoms with Gasteiger partial charge in [-0.15, -0.1) is 0 Å². The summed E-state index contributed by atoms with van der Waals surface area (Å²) in [5.74, 6) is 0.386. The Morgan fingerprint density at radius 3 is 2.58 bits per heavy atom. The topological polar surface area (TPSA) is 75.4 Å². The third-order valence-corrected chi connectivity index (χ3v) is 3.79. The molecular weight excluding hydrogens is 304 g/mol. The van der Waals surface area contributed by atoms with Crippen LogP contribution in [0.3, 0.4) is 0 Å². The van der Waals surface area contributed by atoms with E-state index in [0.29, 0.717) is 22.7 Å². The van der Waals surface area contributed by atoms with Gasteiger partial charge in [-0.1, -0.05) is 30.3 Å². The van der Waals surface area contributed by atoms with Crippen molar-refractivity contribution in [3.63, 3.8) is 0 Å². The van der Waals surface area contributed by atoms with Gasteiger partial charge in [0.2, 0.25) is 0 Å². The number of aryl methyl sites for hydroxylation is 1. The van der Waals surface area contributed by atoms with Crippen LogP contribution in [0.4, 0.5) is 0 Å². The molecule has 0 spiro atoms. The molecule has 0 bridgehead atoms. The minimum atomic E-state index is -0.456. The van der Waals surface area contributed by atoms with Gasteiger partial charge < -0.3 is 14.8 Å². The SMILES string of the molecule is Cc1nc(-c2ccco2)ccc1C(=O)NC(CO)c1ccccc1. The first kappa shape index (κ1) is 16.0. The van der Waals surface area contributed by atoms with E-state index in [1.807, 2.05) is 36.4 Å². The van der Waals surface area contributed by atoms with E-state index in [4.69, 9.17) is 4.42 Å². The molecule has 0 aliphatic heterocycles. The average molecular weight is 322 g/mol. The molecule has 122 valence electrons. The van der Waals surface area contributed by atoms with E-state index in [0.717, 1.165) is 5.56 Å². The van der Waals surface area contributed by atoms with Crippen molar-refractivity contribution in [1.29, 1.82) is 0 Å². The number of amides is 1. The number of furan rings is 1. The van der Waals surface area contributed by atoms with Crippen molar-refractivity contribution in [3.8, 4) is 11.5 Å². The van der Waals surface area contributed by atoms with Crippen molar-refractivity contribution < 1.29 is 14.3 Å². The summed E-state index contributed by atoms with van der Waals surface area (Å²) in [4.78, 5) is 16.9. The van der Waals surface area contributed by atoms with Crippen molar-refractivity contribution in [3.05, 3.63) is 77.7 Å². The lowest BCUT2D eigenvalue weighted by molar-refractivity contribution is 0.0915. The maximum atomic E-state index is 12.5. The summed E-state index contributed by atoms with van der Waals surface area (Å²) in [5, 5.41) is 12.4. The van der Waals surface area contributed by atoms with Crippen LogP contribution in [0.5, 0.6) is 0 Å². The molecule has 3 rings (SSSR count). The van der Waals surface area contributed by atoms with Crippen LogP contribution in [-0.2, 0) is 0 Å². The third-order valence-electron chi connectivity index (χ3n) is 3.79. The highest BCUT2D eigenvalue weighted by Gasteiger charge is 2.17. The average Bonchev–Trinajstić information content (AvgIpc) is 3.14. The lowest BCUT2D eigenvalue weighted by atomic mass is 10.1. The number of benzene rings is 1. The van der Waals surface area contributed by atoms with Gasteiger partial charge in [-0.25, -0.2) is 4.98 Å². The number of rotatable bonds is 5. The summed E-state index contributed by atoms with van der Waals surface area (Å²) in [7, 11) is 0. The van der Waals surface area contributed by atoms with Gasteiger partial charge in [-0.3, -0.25) is 4.79 Å². The summed E-state index contributed by atoms with van der Waals surface area (Å²) in [5.41, 5.74) is 2.60. The Morgan fingerprint density at radius 1 is 1.17 bits per heavy atom. The second-order valence-electron chi connectivity index (χ2n) is 5.43. The monoisotopic (exact) mass is 322 g/mol. The molecule has 1 amide bonds. The molecule has 24 heavy (non-hydrogen) atoms. The maximum absolute atomic E-state index is 12.5. The number of hydrogen-bond acceptors (Lipinski definition) is 4. The van der Waals surface area contributed by atoms with Crippen molar-refractivity contribution >= 4 is 5.91 Å². The van der Waals surface area contributed by atoms with Crippen LogP contribution in [0.25, 0.3) is 11.5 Å². The second-order valence-corrected chi connectivity index (χ2v) is 5.43.